The summed E-state index contributed by atoms with van der Waals surface area (Å²) >= 11 is 0. The maximum absolute atomic E-state index is 11.8. The first-order valence-corrected chi connectivity index (χ1v) is 12.7. The fourth-order valence-electron chi connectivity index (χ4n) is 8.23. The summed E-state index contributed by atoms with van der Waals surface area (Å²) in [5.41, 5.74) is -1.55. The highest BCUT2D eigenvalue weighted by molar-refractivity contribution is 5.95. The van der Waals surface area contributed by atoms with E-state index in [-0.39, 0.29) is 51.2 Å². The van der Waals surface area contributed by atoms with Crippen molar-refractivity contribution >= 4 is 12.6 Å². The second-order valence-electron chi connectivity index (χ2n) is 12.7. The predicted molar refractivity (Wildman–Crippen MR) is 129 cm³/mol. The Labute approximate surface area is 202 Å². The van der Waals surface area contributed by atoms with Crippen molar-refractivity contribution in [2.75, 3.05) is 0 Å². The van der Waals surface area contributed by atoms with Crippen LogP contribution in [0.2, 0.25) is 0 Å². The first-order valence-electron chi connectivity index (χ1n) is 12.7. The lowest BCUT2D eigenvalue weighted by Crippen LogP contribution is -2.42. The molecular weight excluding hydrogens is 432 g/mol. The Morgan fingerprint density at radius 2 is 1.38 bits per heavy atom. The number of hydrogen-bond donors (Lipinski definition) is 4. The monoisotopic (exact) mass is 472 g/mol. The lowest BCUT2D eigenvalue weighted by molar-refractivity contribution is -0.0441. The second-order valence-corrected chi connectivity index (χ2v) is 12.7. The Morgan fingerprint density at radius 3 is 1.88 bits per heavy atom. The number of aromatic hydroxyl groups is 3. The number of fused-ring (bicyclic) bond motifs is 3. The number of benzene rings is 1. The Hall–Kier alpha value is -2.08. The molecule has 0 aliphatic heterocycles. The van der Waals surface area contributed by atoms with E-state index in [4.69, 9.17) is 0 Å². The molecule has 0 radical (unpaired) electrons. The molecule has 0 saturated heterocycles. The van der Waals surface area contributed by atoms with Gasteiger partial charge in [-0.3, -0.25) is 9.59 Å². The van der Waals surface area contributed by atoms with Gasteiger partial charge in [-0.1, -0.05) is 34.6 Å². The van der Waals surface area contributed by atoms with Gasteiger partial charge in [-0.05, 0) is 85.4 Å². The van der Waals surface area contributed by atoms with Gasteiger partial charge in [0.15, 0.2) is 12.6 Å². The van der Waals surface area contributed by atoms with Crippen molar-refractivity contribution in [3.05, 3.63) is 16.7 Å². The molecule has 6 nitrogen and oxygen atoms in total. The van der Waals surface area contributed by atoms with Crippen LogP contribution in [-0.4, -0.2) is 38.6 Å². The summed E-state index contributed by atoms with van der Waals surface area (Å²) < 4.78 is 0. The summed E-state index contributed by atoms with van der Waals surface area (Å²) in [6.45, 7) is 12.9. The predicted octanol–water partition coefficient (Wildman–Crippen LogP) is 5.41. The molecule has 0 aromatic heterocycles. The molecular formula is C28H40O6. The summed E-state index contributed by atoms with van der Waals surface area (Å²) in [5, 5.41) is 44.1. The van der Waals surface area contributed by atoms with E-state index in [0.29, 0.717) is 30.8 Å². The molecule has 1 aromatic rings. The summed E-state index contributed by atoms with van der Waals surface area (Å²) in [4.78, 5) is 23.6. The van der Waals surface area contributed by atoms with E-state index in [1.54, 1.807) is 0 Å². The van der Waals surface area contributed by atoms with Gasteiger partial charge in [0, 0.05) is 5.56 Å². The number of carbonyl (C=O) groups excluding carboxylic acids is 2. The van der Waals surface area contributed by atoms with E-state index in [0.717, 1.165) is 25.7 Å². The van der Waals surface area contributed by atoms with E-state index in [1.807, 2.05) is 6.92 Å². The number of aliphatic hydroxyl groups is 1. The average molecular weight is 473 g/mol. The zero-order valence-electron chi connectivity index (χ0n) is 21.3. The molecule has 0 spiro atoms. The second kappa shape index (κ2) is 7.97. The molecule has 6 heteroatoms. The smallest absolute Gasteiger partial charge is 0.157 e. The van der Waals surface area contributed by atoms with E-state index >= 15 is 0 Å². The quantitative estimate of drug-likeness (QED) is 0.412. The van der Waals surface area contributed by atoms with Crippen molar-refractivity contribution < 1.29 is 30.0 Å². The van der Waals surface area contributed by atoms with Gasteiger partial charge in [0.1, 0.15) is 17.2 Å². The van der Waals surface area contributed by atoms with Crippen LogP contribution in [0.25, 0.3) is 0 Å². The molecule has 7 atom stereocenters. The summed E-state index contributed by atoms with van der Waals surface area (Å²) in [7, 11) is 0. The maximum atomic E-state index is 11.8. The molecule has 0 bridgehead atoms. The van der Waals surface area contributed by atoms with Crippen LogP contribution >= 0.6 is 0 Å². The molecule has 0 amide bonds. The molecule has 4 rings (SSSR count). The Kier molecular flexibility index (Phi) is 5.87. The van der Waals surface area contributed by atoms with Crippen LogP contribution in [0, 0.1) is 40.4 Å². The van der Waals surface area contributed by atoms with Crippen molar-refractivity contribution in [3.63, 3.8) is 0 Å². The van der Waals surface area contributed by atoms with Crippen molar-refractivity contribution in [2.24, 2.45) is 40.4 Å². The normalized spacial score (nSPS) is 36.9. The third kappa shape index (κ3) is 3.39. The highest BCUT2D eigenvalue weighted by atomic mass is 16.3. The zero-order valence-corrected chi connectivity index (χ0v) is 21.3. The van der Waals surface area contributed by atoms with E-state index < -0.39 is 22.8 Å². The van der Waals surface area contributed by atoms with Gasteiger partial charge in [-0.25, -0.2) is 0 Å². The first kappa shape index (κ1) is 25.0. The van der Waals surface area contributed by atoms with Crippen LogP contribution in [0.1, 0.15) is 106 Å². The van der Waals surface area contributed by atoms with Crippen LogP contribution in [0.15, 0.2) is 0 Å². The lowest BCUT2D eigenvalue weighted by Gasteiger charge is -2.45. The molecule has 1 aromatic carbocycles. The standard InChI is InChI=1S/C28H40O6/c1-14(2)11-19(20-24(32)15(12-29)23(31)16(13-30)25(20)33)27(5)9-7-18-22(27)21-17(26(21,3)4)8-10-28(18,6)34/h12-14,17-19,21-22,31-34H,7-11H2,1-6H3/t17-,18-,19-,21-,22+,27+,28-/m1/s1. The molecule has 4 N–H and O–H groups in total. The van der Waals surface area contributed by atoms with Crippen LogP contribution in [0.4, 0.5) is 0 Å². The fraction of sp³-hybridized carbons (Fsp3) is 0.714. The third-order valence-corrected chi connectivity index (χ3v) is 10.1. The topological polar surface area (TPSA) is 115 Å². The zero-order chi connectivity index (χ0) is 25.4. The van der Waals surface area contributed by atoms with Crippen molar-refractivity contribution in [3.8, 4) is 17.2 Å². The van der Waals surface area contributed by atoms with Crippen molar-refractivity contribution in [1.29, 1.82) is 0 Å². The highest BCUT2D eigenvalue weighted by Gasteiger charge is 2.70. The van der Waals surface area contributed by atoms with Crippen molar-refractivity contribution in [2.45, 2.75) is 85.2 Å². The number of rotatable bonds is 6. The number of carbonyl (C=O) groups is 2. The molecule has 3 aliphatic carbocycles. The minimum Gasteiger partial charge on any atom is -0.507 e. The van der Waals surface area contributed by atoms with Crippen LogP contribution in [0.3, 0.4) is 0 Å². The van der Waals surface area contributed by atoms with Crippen molar-refractivity contribution in [1.82, 2.24) is 0 Å². The number of phenols is 3. The van der Waals surface area contributed by atoms with Gasteiger partial charge in [-0.15, -0.1) is 0 Å². The molecule has 3 aliphatic rings. The lowest BCUT2D eigenvalue weighted by atomic mass is 9.59. The van der Waals surface area contributed by atoms with Gasteiger partial charge in [0.25, 0.3) is 0 Å². The largest absolute Gasteiger partial charge is 0.507 e. The number of phenolic OH excluding ortho intramolecular Hbond substituents is 3. The van der Waals surface area contributed by atoms with Crippen LogP contribution in [-0.2, 0) is 0 Å². The molecule has 0 heterocycles. The summed E-state index contributed by atoms with van der Waals surface area (Å²) in [6.07, 6.45) is 4.71. The SMILES string of the molecule is CC(C)C[C@H](c1c(O)c(C=O)c(O)c(C=O)c1O)[C@]1(C)CC[C@@H]2[C@H]1[C@H]1[C@@H](CC[C@@]2(C)O)C1(C)C. The van der Waals surface area contributed by atoms with E-state index in [2.05, 4.69) is 34.6 Å². The van der Waals surface area contributed by atoms with Gasteiger partial charge >= 0.3 is 0 Å². The van der Waals surface area contributed by atoms with Gasteiger partial charge in [0.2, 0.25) is 0 Å². The summed E-state index contributed by atoms with van der Waals surface area (Å²) in [5.74, 6) is -0.524. The highest BCUT2D eigenvalue weighted by Crippen LogP contribution is 2.76. The average Bonchev–Trinajstić information content (AvgIpc) is 3.13. The number of hydrogen-bond acceptors (Lipinski definition) is 6. The van der Waals surface area contributed by atoms with Crippen LogP contribution in [0.5, 0.6) is 17.2 Å². The minimum absolute atomic E-state index is 0.0985. The Balaban J connectivity index is 1.94. The molecule has 0 unspecified atom stereocenters. The van der Waals surface area contributed by atoms with Crippen LogP contribution < -0.4 is 0 Å². The van der Waals surface area contributed by atoms with E-state index in [9.17, 15) is 30.0 Å². The van der Waals surface area contributed by atoms with Gasteiger partial charge < -0.3 is 20.4 Å². The van der Waals surface area contributed by atoms with Gasteiger partial charge in [-0.2, -0.15) is 0 Å². The molecule has 34 heavy (non-hydrogen) atoms. The Morgan fingerprint density at radius 1 is 0.853 bits per heavy atom. The maximum Gasteiger partial charge on any atom is 0.157 e. The van der Waals surface area contributed by atoms with E-state index in [1.165, 1.54) is 0 Å². The minimum atomic E-state index is -0.782. The summed E-state index contributed by atoms with van der Waals surface area (Å²) in [6, 6.07) is 0. The Bertz CT molecular complexity index is 974. The van der Waals surface area contributed by atoms with Gasteiger partial charge in [0.05, 0.1) is 16.7 Å². The molecule has 3 saturated carbocycles. The number of aldehydes is 2. The molecule has 188 valence electrons. The fourth-order valence-corrected chi connectivity index (χ4v) is 8.23. The first-order chi connectivity index (χ1) is 15.7. The third-order valence-electron chi connectivity index (χ3n) is 10.1. The molecule has 3 fully saturated rings.